The first-order valence-electron chi connectivity index (χ1n) is 8.47. The van der Waals surface area contributed by atoms with Gasteiger partial charge in [0.1, 0.15) is 11.5 Å². The lowest BCUT2D eigenvalue weighted by Crippen LogP contribution is -2.17. The van der Waals surface area contributed by atoms with Crippen LogP contribution in [-0.2, 0) is 11.3 Å². The highest BCUT2D eigenvalue weighted by Crippen LogP contribution is 2.29. The van der Waals surface area contributed by atoms with Gasteiger partial charge in [-0.3, -0.25) is 9.59 Å². The molecule has 0 radical (unpaired) electrons. The number of benzene rings is 1. The van der Waals surface area contributed by atoms with Crippen LogP contribution >= 0.6 is 11.8 Å². The summed E-state index contributed by atoms with van der Waals surface area (Å²) in [7, 11) is 0. The number of anilines is 1. The summed E-state index contributed by atoms with van der Waals surface area (Å²) in [5, 5.41) is 3.35. The Morgan fingerprint density at radius 3 is 2.65 bits per heavy atom. The molecule has 1 aromatic heterocycles. The summed E-state index contributed by atoms with van der Waals surface area (Å²) in [4.78, 5) is 27.7. The zero-order valence-corrected chi connectivity index (χ0v) is 16.0. The van der Waals surface area contributed by atoms with Crippen LogP contribution in [0.2, 0.25) is 0 Å². The first kappa shape index (κ1) is 19.8. The maximum absolute atomic E-state index is 12.4. The van der Waals surface area contributed by atoms with E-state index in [1.165, 1.54) is 17.8 Å². The fraction of sp³-hybridized carbons (Fsp3) is 0.389. The molecule has 0 fully saturated rings. The molecule has 1 aromatic carbocycles. The summed E-state index contributed by atoms with van der Waals surface area (Å²) in [6.07, 6.45) is 1.67. The zero-order chi connectivity index (χ0) is 18.9. The molecule has 0 unspecified atom stereocenters. The van der Waals surface area contributed by atoms with Crippen LogP contribution in [0.15, 0.2) is 40.4 Å². The maximum Gasteiger partial charge on any atom is 0.273 e. The number of aryl methyl sites for hydroxylation is 1. The van der Waals surface area contributed by atoms with Gasteiger partial charge in [0, 0.05) is 24.9 Å². The van der Waals surface area contributed by atoms with Gasteiger partial charge in [-0.2, -0.15) is 4.98 Å². The maximum atomic E-state index is 12.4. The van der Waals surface area contributed by atoms with E-state index < -0.39 is 0 Å². The van der Waals surface area contributed by atoms with Crippen molar-refractivity contribution in [3.63, 3.8) is 0 Å². The predicted octanol–water partition coefficient (Wildman–Crippen LogP) is 2.79. The molecule has 26 heavy (non-hydrogen) atoms. The molecule has 0 aliphatic heterocycles. The van der Waals surface area contributed by atoms with E-state index in [0.29, 0.717) is 42.1 Å². The third-order valence-electron chi connectivity index (χ3n) is 3.36. The van der Waals surface area contributed by atoms with E-state index >= 15 is 0 Å². The second kappa shape index (κ2) is 9.86. The van der Waals surface area contributed by atoms with E-state index in [1.807, 2.05) is 25.3 Å². The minimum atomic E-state index is -0.319. The van der Waals surface area contributed by atoms with Gasteiger partial charge in [-0.25, -0.2) is 0 Å². The van der Waals surface area contributed by atoms with Gasteiger partial charge < -0.3 is 19.4 Å². The molecule has 2 aromatic rings. The molecule has 0 spiro atoms. The lowest BCUT2D eigenvalue weighted by molar-refractivity contribution is -0.113. The SMILES string of the molecule is CCOc1ccc(OCC)c(NC(=O)CSc2nc(=O)ccn2CC)c1. The molecule has 0 atom stereocenters. The van der Waals surface area contributed by atoms with Crippen LogP contribution < -0.4 is 20.3 Å². The Hall–Kier alpha value is -2.48. The predicted molar refractivity (Wildman–Crippen MR) is 102 cm³/mol. The highest BCUT2D eigenvalue weighted by atomic mass is 32.2. The Balaban J connectivity index is 2.08. The van der Waals surface area contributed by atoms with E-state index in [-0.39, 0.29) is 17.2 Å². The van der Waals surface area contributed by atoms with Gasteiger partial charge in [0.25, 0.3) is 5.56 Å². The topological polar surface area (TPSA) is 82.5 Å². The third kappa shape index (κ3) is 5.52. The van der Waals surface area contributed by atoms with Crippen molar-refractivity contribution in [1.29, 1.82) is 0 Å². The van der Waals surface area contributed by atoms with Crippen LogP contribution in [-0.4, -0.2) is 34.4 Å². The van der Waals surface area contributed by atoms with Gasteiger partial charge >= 0.3 is 0 Å². The van der Waals surface area contributed by atoms with Crippen molar-refractivity contribution in [2.24, 2.45) is 0 Å². The van der Waals surface area contributed by atoms with Crippen molar-refractivity contribution in [1.82, 2.24) is 9.55 Å². The van der Waals surface area contributed by atoms with Crippen molar-refractivity contribution in [3.05, 3.63) is 40.8 Å². The number of carbonyl (C=O) groups is 1. The molecule has 0 aliphatic carbocycles. The molecule has 0 bridgehead atoms. The number of ether oxygens (including phenoxy) is 2. The molecular weight excluding hydrogens is 354 g/mol. The lowest BCUT2D eigenvalue weighted by atomic mass is 10.2. The van der Waals surface area contributed by atoms with Crippen LogP contribution in [0.5, 0.6) is 11.5 Å². The first-order valence-corrected chi connectivity index (χ1v) is 9.45. The average molecular weight is 377 g/mol. The van der Waals surface area contributed by atoms with Gasteiger partial charge in [0.2, 0.25) is 5.91 Å². The molecule has 2 rings (SSSR count). The van der Waals surface area contributed by atoms with E-state index in [9.17, 15) is 9.59 Å². The van der Waals surface area contributed by atoms with E-state index in [4.69, 9.17) is 9.47 Å². The normalized spacial score (nSPS) is 10.4. The summed E-state index contributed by atoms with van der Waals surface area (Å²) >= 11 is 1.21. The van der Waals surface area contributed by atoms with Crippen LogP contribution in [0.1, 0.15) is 20.8 Å². The van der Waals surface area contributed by atoms with Crippen molar-refractivity contribution in [2.75, 3.05) is 24.3 Å². The number of aromatic nitrogens is 2. The minimum Gasteiger partial charge on any atom is -0.494 e. The van der Waals surface area contributed by atoms with Crippen LogP contribution in [0.25, 0.3) is 0 Å². The average Bonchev–Trinajstić information content (AvgIpc) is 2.62. The minimum absolute atomic E-state index is 0.126. The number of nitrogens with one attached hydrogen (secondary N) is 1. The van der Waals surface area contributed by atoms with E-state index in [2.05, 4.69) is 10.3 Å². The zero-order valence-electron chi connectivity index (χ0n) is 15.2. The quantitative estimate of drug-likeness (QED) is 0.534. The van der Waals surface area contributed by atoms with Gasteiger partial charge in [-0.1, -0.05) is 11.8 Å². The summed E-state index contributed by atoms with van der Waals surface area (Å²) < 4.78 is 12.8. The monoisotopic (exact) mass is 377 g/mol. The third-order valence-corrected chi connectivity index (χ3v) is 4.35. The standard InChI is InChI=1S/C18H23N3O4S/c1-4-21-10-9-16(22)20-18(21)26-12-17(23)19-14-11-13(24-5-2)7-8-15(14)25-6-3/h7-11H,4-6,12H2,1-3H3,(H,19,23). The summed E-state index contributed by atoms with van der Waals surface area (Å²) in [6.45, 7) is 7.41. The largest absolute Gasteiger partial charge is 0.494 e. The Labute approximate surface area is 156 Å². The highest BCUT2D eigenvalue weighted by Gasteiger charge is 2.12. The number of hydrogen-bond acceptors (Lipinski definition) is 6. The van der Waals surface area contributed by atoms with Crippen molar-refractivity contribution in [3.8, 4) is 11.5 Å². The van der Waals surface area contributed by atoms with Gasteiger partial charge in [-0.15, -0.1) is 0 Å². The van der Waals surface area contributed by atoms with Crippen molar-refractivity contribution < 1.29 is 14.3 Å². The molecule has 8 heteroatoms. The number of amides is 1. The fourth-order valence-electron chi connectivity index (χ4n) is 2.23. The Morgan fingerprint density at radius 2 is 1.96 bits per heavy atom. The molecule has 1 amide bonds. The number of hydrogen-bond donors (Lipinski definition) is 1. The molecule has 7 nitrogen and oxygen atoms in total. The van der Waals surface area contributed by atoms with Crippen LogP contribution in [0, 0.1) is 0 Å². The second-order valence-electron chi connectivity index (χ2n) is 5.20. The molecule has 1 heterocycles. The fourth-order valence-corrected chi connectivity index (χ4v) is 3.07. The van der Waals surface area contributed by atoms with Crippen molar-refractivity contribution in [2.45, 2.75) is 32.5 Å². The Kier molecular flexibility index (Phi) is 7.53. The Bertz CT molecular complexity index is 807. The smallest absolute Gasteiger partial charge is 0.273 e. The van der Waals surface area contributed by atoms with Crippen molar-refractivity contribution >= 4 is 23.4 Å². The molecule has 1 N–H and O–H groups in total. The summed E-state index contributed by atoms with van der Waals surface area (Å²) in [5.74, 6) is 1.15. The highest BCUT2D eigenvalue weighted by molar-refractivity contribution is 7.99. The molecule has 0 saturated carbocycles. The Morgan fingerprint density at radius 1 is 1.19 bits per heavy atom. The van der Waals surface area contributed by atoms with Crippen LogP contribution in [0.3, 0.4) is 0 Å². The summed E-state index contributed by atoms with van der Waals surface area (Å²) in [5.41, 5.74) is 0.234. The molecule has 140 valence electrons. The molecule has 0 aliphatic rings. The molecular formula is C18H23N3O4S. The first-order chi connectivity index (χ1) is 12.6. The second-order valence-corrected chi connectivity index (χ2v) is 6.14. The number of carbonyl (C=O) groups excluding carboxylic acids is 1. The molecule has 0 saturated heterocycles. The van der Waals surface area contributed by atoms with E-state index in [1.54, 1.807) is 24.4 Å². The van der Waals surface area contributed by atoms with Gasteiger partial charge in [-0.05, 0) is 32.9 Å². The van der Waals surface area contributed by atoms with Gasteiger partial charge in [0.05, 0.1) is 24.7 Å². The number of nitrogens with zero attached hydrogens (tertiary/aromatic N) is 2. The van der Waals surface area contributed by atoms with Gasteiger partial charge in [0.15, 0.2) is 5.16 Å². The number of rotatable bonds is 9. The lowest BCUT2D eigenvalue weighted by Gasteiger charge is -2.14. The summed E-state index contributed by atoms with van der Waals surface area (Å²) in [6, 6.07) is 6.71. The number of thioether (sulfide) groups is 1. The van der Waals surface area contributed by atoms with Crippen LogP contribution in [0.4, 0.5) is 5.69 Å². The van der Waals surface area contributed by atoms with E-state index in [0.717, 1.165) is 0 Å².